The second-order valence-corrected chi connectivity index (χ2v) is 7.12. The number of nitrogens with zero attached hydrogens (tertiary/aromatic N) is 1. The Morgan fingerprint density at radius 2 is 1.96 bits per heavy atom. The van der Waals surface area contributed by atoms with Crippen LogP contribution in [-0.4, -0.2) is 55.2 Å². The van der Waals surface area contributed by atoms with Gasteiger partial charge < -0.3 is 15.4 Å². The van der Waals surface area contributed by atoms with Crippen LogP contribution in [0.25, 0.3) is 0 Å². The van der Waals surface area contributed by atoms with E-state index in [0.717, 1.165) is 38.8 Å². The van der Waals surface area contributed by atoms with Crippen molar-refractivity contribution in [3.63, 3.8) is 0 Å². The van der Waals surface area contributed by atoms with Crippen LogP contribution in [0.1, 0.15) is 37.3 Å². The maximum Gasteiger partial charge on any atom is 0.315 e. The van der Waals surface area contributed by atoms with E-state index in [9.17, 15) is 9.59 Å². The number of piperidine rings is 1. The van der Waals surface area contributed by atoms with E-state index in [4.69, 9.17) is 4.74 Å². The molecule has 6 heteroatoms. The zero-order chi connectivity index (χ0) is 18.4. The molecule has 1 heterocycles. The molecule has 1 fully saturated rings. The summed E-state index contributed by atoms with van der Waals surface area (Å²) in [7, 11) is 0. The number of likely N-dealkylation sites (tertiary alicyclic amines) is 1. The molecule has 0 radical (unpaired) electrons. The van der Waals surface area contributed by atoms with Gasteiger partial charge in [-0.1, -0.05) is 24.3 Å². The maximum atomic E-state index is 12.1. The minimum absolute atomic E-state index is 0.162. The first-order chi connectivity index (χ1) is 12.7. The van der Waals surface area contributed by atoms with Gasteiger partial charge in [0.25, 0.3) is 0 Å². The third-order valence-electron chi connectivity index (χ3n) is 5.25. The van der Waals surface area contributed by atoms with E-state index in [1.165, 1.54) is 11.1 Å². The number of fused-ring (bicyclic) bond motifs is 1. The highest BCUT2D eigenvalue weighted by Crippen LogP contribution is 2.27. The molecule has 2 aliphatic rings. The molecule has 2 N–H and O–H groups in total. The van der Waals surface area contributed by atoms with Crippen LogP contribution < -0.4 is 10.6 Å². The van der Waals surface area contributed by atoms with Crippen molar-refractivity contribution in [3.8, 4) is 0 Å². The standard InChI is InChI=1S/C20H29N3O3/c1-2-26-19(24)9-10-21-20(25)22-17-8-5-11-23(14-17)18-12-15-6-3-4-7-16(15)13-18/h3-4,6-7,17-18H,2,5,8-14H2,1H3,(H2,21,22,25)/t17-/m0/s1. The van der Waals surface area contributed by atoms with Crippen LogP contribution in [0.3, 0.4) is 0 Å². The number of rotatable bonds is 6. The molecule has 2 amide bonds. The van der Waals surface area contributed by atoms with Gasteiger partial charge >= 0.3 is 12.0 Å². The molecule has 1 aromatic carbocycles. The fourth-order valence-corrected chi connectivity index (χ4v) is 4.00. The first-order valence-electron chi connectivity index (χ1n) is 9.66. The van der Waals surface area contributed by atoms with Crippen molar-refractivity contribution in [1.82, 2.24) is 15.5 Å². The third-order valence-corrected chi connectivity index (χ3v) is 5.25. The molecule has 0 unspecified atom stereocenters. The third kappa shape index (κ3) is 4.97. The maximum absolute atomic E-state index is 12.1. The first kappa shape index (κ1) is 18.7. The van der Waals surface area contributed by atoms with Crippen molar-refractivity contribution >= 4 is 12.0 Å². The monoisotopic (exact) mass is 359 g/mol. The second kappa shape index (κ2) is 9.03. The zero-order valence-corrected chi connectivity index (χ0v) is 15.5. The van der Waals surface area contributed by atoms with Crippen molar-refractivity contribution in [3.05, 3.63) is 35.4 Å². The van der Waals surface area contributed by atoms with Gasteiger partial charge in [0.2, 0.25) is 0 Å². The zero-order valence-electron chi connectivity index (χ0n) is 15.5. The highest BCUT2D eigenvalue weighted by molar-refractivity contribution is 5.75. The lowest BCUT2D eigenvalue weighted by molar-refractivity contribution is -0.142. The van der Waals surface area contributed by atoms with Gasteiger partial charge in [-0.25, -0.2) is 4.79 Å². The Bertz CT molecular complexity index is 609. The lowest BCUT2D eigenvalue weighted by Gasteiger charge is -2.37. The Morgan fingerprint density at radius 1 is 1.23 bits per heavy atom. The molecule has 0 spiro atoms. The predicted molar refractivity (Wildman–Crippen MR) is 100 cm³/mol. The molecular weight excluding hydrogens is 330 g/mol. The van der Waals surface area contributed by atoms with Crippen molar-refractivity contribution < 1.29 is 14.3 Å². The molecule has 0 saturated carbocycles. The van der Waals surface area contributed by atoms with E-state index < -0.39 is 0 Å². The summed E-state index contributed by atoms with van der Waals surface area (Å²) in [5.74, 6) is -0.280. The molecule has 6 nitrogen and oxygen atoms in total. The van der Waals surface area contributed by atoms with Crippen LogP contribution >= 0.6 is 0 Å². The fourth-order valence-electron chi connectivity index (χ4n) is 4.00. The van der Waals surface area contributed by atoms with E-state index in [2.05, 4.69) is 39.8 Å². The summed E-state index contributed by atoms with van der Waals surface area (Å²) >= 11 is 0. The number of hydrogen-bond acceptors (Lipinski definition) is 4. The topological polar surface area (TPSA) is 70.7 Å². The van der Waals surface area contributed by atoms with Gasteiger partial charge in [0.05, 0.1) is 13.0 Å². The average Bonchev–Trinajstić information content (AvgIpc) is 3.06. The number of carbonyl (C=O) groups excluding carboxylic acids is 2. The lowest BCUT2D eigenvalue weighted by atomic mass is 10.0. The molecule has 1 atom stereocenters. The van der Waals surface area contributed by atoms with Crippen LogP contribution in [0.4, 0.5) is 4.79 Å². The van der Waals surface area contributed by atoms with Crippen molar-refractivity contribution in [2.75, 3.05) is 26.2 Å². The summed E-state index contributed by atoms with van der Waals surface area (Å²) in [6.07, 6.45) is 4.52. The van der Waals surface area contributed by atoms with Crippen LogP contribution in [0.2, 0.25) is 0 Å². The molecule has 3 rings (SSSR count). The number of benzene rings is 1. The molecule has 1 aromatic rings. The van der Waals surface area contributed by atoms with E-state index >= 15 is 0 Å². The summed E-state index contributed by atoms with van der Waals surface area (Å²) < 4.78 is 4.85. The molecule has 1 saturated heterocycles. The van der Waals surface area contributed by atoms with Gasteiger partial charge in [-0.3, -0.25) is 9.69 Å². The number of amides is 2. The van der Waals surface area contributed by atoms with Crippen molar-refractivity contribution in [1.29, 1.82) is 0 Å². The number of esters is 1. The SMILES string of the molecule is CCOC(=O)CCNC(=O)N[C@H]1CCCN(C2Cc3ccccc3C2)C1. The number of ether oxygens (including phenoxy) is 1. The van der Waals surface area contributed by atoms with E-state index in [1.807, 2.05) is 0 Å². The number of urea groups is 1. The summed E-state index contributed by atoms with van der Waals surface area (Å²) in [4.78, 5) is 25.9. The molecule has 1 aliphatic carbocycles. The smallest absolute Gasteiger partial charge is 0.315 e. The Labute approximate surface area is 155 Å². The van der Waals surface area contributed by atoms with E-state index in [-0.39, 0.29) is 24.5 Å². The lowest BCUT2D eigenvalue weighted by Crippen LogP contribution is -2.53. The molecule has 26 heavy (non-hydrogen) atoms. The summed E-state index contributed by atoms with van der Waals surface area (Å²) in [6, 6.07) is 9.19. The van der Waals surface area contributed by atoms with Crippen LogP contribution in [0.5, 0.6) is 0 Å². The Morgan fingerprint density at radius 3 is 2.65 bits per heavy atom. The Kier molecular flexibility index (Phi) is 6.50. The van der Waals surface area contributed by atoms with Gasteiger partial charge in [0.1, 0.15) is 0 Å². The Balaban J connectivity index is 1.41. The molecule has 0 bridgehead atoms. The number of nitrogens with one attached hydrogen (secondary N) is 2. The van der Waals surface area contributed by atoms with Gasteiger partial charge in [-0.2, -0.15) is 0 Å². The highest BCUT2D eigenvalue weighted by atomic mass is 16.5. The summed E-state index contributed by atoms with van der Waals surface area (Å²) in [6.45, 7) is 4.44. The van der Waals surface area contributed by atoms with Crippen LogP contribution in [0, 0.1) is 0 Å². The van der Waals surface area contributed by atoms with Crippen molar-refractivity contribution in [2.24, 2.45) is 0 Å². The quantitative estimate of drug-likeness (QED) is 0.761. The van der Waals surface area contributed by atoms with E-state index in [1.54, 1.807) is 6.92 Å². The van der Waals surface area contributed by atoms with Gasteiger partial charge in [0.15, 0.2) is 0 Å². The highest BCUT2D eigenvalue weighted by Gasteiger charge is 2.30. The van der Waals surface area contributed by atoms with Gasteiger partial charge in [0, 0.05) is 25.2 Å². The summed E-state index contributed by atoms with van der Waals surface area (Å²) in [5.41, 5.74) is 2.92. The van der Waals surface area contributed by atoms with E-state index in [0.29, 0.717) is 19.2 Å². The molecule has 0 aromatic heterocycles. The normalized spacial score (nSPS) is 20.4. The first-order valence-corrected chi connectivity index (χ1v) is 9.66. The van der Waals surface area contributed by atoms with Crippen LogP contribution in [-0.2, 0) is 22.4 Å². The average molecular weight is 359 g/mol. The second-order valence-electron chi connectivity index (χ2n) is 7.12. The van der Waals surface area contributed by atoms with Gasteiger partial charge in [-0.05, 0) is 50.3 Å². The van der Waals surface area contributed by atoms with Crippen LogP contribution in [0.15, 0.2) is 24.3 Å². The molecule has 142 valence electrons. The largest absolute Gasteiger partial charge is 0.466 e. The summed E-state index contributed by atoms with van der Waals surface area (Å²) in [5, 5.41) is 5.80. The molecule has 1 aliphatic heterocycles. The Hall–Kier alpha value is -2.08. The molecular formula is C20H29N3O3. The fraction of sp³-hybridized carbons (Fsp3) is 0.600. The minimum atomic E-state index is -0.280. The van der Waals surface area contributed by atoms with Crippen molar-refractivity contribution in [2.45, 2.75) is 51.1 Å². The minimum Gasteiger partial charge on any atom is -0.466 e. The number of hydrogen-bond donors (Lipinski definition) is 2. The van der Waals surface area contributed by atoms with Gasteiger partial charge in [-0.15, -0.1) is 0 Å². The number of carbonyl (C=O) groups is 2. The predicted octanol–water partition coefficient (Wildman–Crippen LogP) is 1.87.